The Morgan fingerprint density at radius 3 is 2.79 bits per heavy atom. The third-order valence-electron chi connectivity index (χ3n) is 9.01. The third kappa shape index (κ3) is 3.22. The maximum atomic E-state index is 11.1. The highest BCUT2D eigenvalue weighted by atomic mass is 16.5. The molecule has 2 fully saturated rings. The fourth-order valence-electron chi connectivity index (χ4n) is 7.47. The van der Waals surface area contributed by atoms with Gasteiger partial charge in [-0.25, -0.2) is 0 Å². The highest BCUT2D eigenvalue weighted by molar-refractivity contribution is 5.66. The Balaban J connectivity index is 1.54. The van der Waals surface area contributed by atoms with E-state index in [0.29, 0.717) is 24.4 Å². The van der Waals surface area contributed by atoms with Crippen molar-refractivity contribution in [3.8, 4) is 0 Å². The van der Waals surface area contributed by atoms with Gasteiger partial charge < -0.3 is 14.9 Å². The number of allylic oxidation sites excluding steroid dienone is 4. The lowest BCUT2D eigenvalue weighted by Crippen LogP contribution is -2.49. The van der Waals surface area contributed by atoms with Crippen molar-refractivity contribution in [1.29, 1.82) is 0 Å². The summed E-state index contributed by atoms with van der Waals surface area (Å²) in [5.41, 5.74) is 2.03. The molecule has 4 aliphatic rings. The first-order valence-corrected chi connectivity index (χ1v) is 11.2. The van der Waals surface area contributed by atoms with Gasteiger partial charge in [0, 0.05) is 12.8 Å². The van der Waals surface area contributed by atoms with Gasteiger partial charge in [0.15, 0.2) is 0 Å². The molecule has 4 aliphatic carbocycles. The molecule has 0 bridgehead atoms. The molecule has 0 saturated heterocycles. The molecule has 0 heterocycles. The predicted molar refractivity (Wildman–Crippen MR) is 109 cm³/mol. The van der Waals surface area contributed by atoms with Crippen LogP contribution in [0.5, 0.6) is 0 Å². The Morgan fingerprint density at radius 2 is 2.04 bits per heavy atom. The quantitative estimate of drug-likeness (QED) is 0.677. The van der Waals surface area contributed by atoms with Crippen LogP contribution >= 0.6 is 0 Å². The summed E-state index contributed by atoms with van der Waals surface area (Å²) in [6.45, 7) is 5.40. The molecule has 0 aromatic rings. The number of hydrogen-bond acceptors (Lipinski definition) is 3. The van der Waals surface area contributed by atoms with Crippen LogP contribution in [-0.2, 0) is 9.53 Å². The number of aliphatic carboxylic acids is 1. The maximum absolute atomic E-state index is 11.1. The van der Waals surface area contributed by atoms with E-state index in [4.69, 9.17) is 14.9 Å². The Labute approximate surface area is 169 Å². The molecule has 0 amide bonds. The van der Waals surface area contributed by atoms with Crippen LogP contribution in [-0.4, -0.2) is 29.4 Å². The first-order valence-electron chi connectivity index (χ1n) is 11.2. The Kier molecular flexibility index (Phi) is 5.37. The van der Waals surface area contributed by atoms with Crippen LogP contribution in [0.15, 0.2) is 23.5 Å². The van der Waals surface area contributed by atoms with Crippen molar-refractivity contribution in [3.63, 3.8) is 0 Å². The fraction of sp³-hybridized carbons (Fsp3) is 0.792. The summed E-state index contributed by atoms with van der Waals surface area (Å²) in [5.74, 6) is 3.20. The Hall–Kier alpha value is -1.29. The number of ether oxygens (including phenoxy) is 1. The van der Waals surface area contributed by atoms with Crippen LogP contribution in [0.1, 0.15) is 71.6 Å². The molecule has 4 nitrogen and oxygen atoms in total. The van der Waals surface area contributed by atoms with Crippen LogP contribution in [0.25, 0.3) is 0 Å². The van der Waals surface area contributed by atoms with E-state index in [1.807, 2.05) is 0 Å². The molecule has 0 unspecified atom stereocenters. The van der Waals surface area contributed by atoms with Gasteiger partial charge in [-0.3, -0.25) is 4.79 Å². The highest BCUT2D eigenvalue weighted by Crippen LogP contribution is 2.66. The molecule has 156 valence electrons. The highest BCUT2D eigenvalue weighted by Gasteiger charge is 2.57. The van der Waals surface area contributed by atoms with Crippen LogP contribution in [0.4, 0.5) is 0 Å². The summed E-state index contributed by atoms with van der Waals surface area (Å²) in [4.78, 5) is 11.1. The molecule has 0 aliphatic heterocycles. The van der Waals surface area contributed by atoms with Crippen LogP contribution in [0.3, 0.4) is 0 Å². The van der Waals surface area contributed by atoms with Crippen LogP contribution in [0.2, 0.25) is 0 Å². The topological polar surface area (TPSA) is 66.8 Å². The minimum absolute atomic E-state index is 0.0711. The second-order valence-corrected chi connectivity index (χ2v) is 10.1. The Morgan fingerprint density at radius 1 is 1.21 bits per heavy atom. The number of carboxylic acids is 1. The summed E-state index contributed by atoms with van der Waals surface area (Å²) in [6, 6.07) is 0. The number of fused-ring (bicyclic) bond motifs is 5. The predicted octanol–water partition coefficient (Wildman–Crippen LogP) is 4.93. The zero-order chi connectivity index (χ0) is 19.9. The van der Waals surface area contributed by atoms with Gasteiger partial charge in [-0.2, -0.15) is 0 Å². The van der Waals surface area contributed by atoms with E-state index < -0.39 is 5.97 Å². The van der Waals surface area contributed by atoms with Crippen LogP contribution in [0, 0.1) is 34.5 Å². The zero-order valence-corrected chi connectivity index (χ0v) is 17.5. The number of carbonyl (C=O) groups is 1. The van der Waals surface area contributed by atoms with Gasteiger partial charge in [0.1, 0.15) is 6.61 Å². The van der Waals surface area contributed by atoms with Crippen molar-refractivity contribution < 1.29 is 19.7 Å². The minimum atomic E-state index is -0.647. The summed E-state index contributed by atoms with van der Waals surface area (Å²) in [7, 11) is 0. The van der Waals surface area contributed by atoms with Gasteiger partial charge in [-0.05, 0) is 91.1 Å². The van der Waals surface area contributed by atoms with E-state index in [-0.39, 0.29) is 12.0 Å². The second kappa shape index (κ2) is 7.51. The number of carboxylic acid groups (broad SMARTS) is 1. The summed E-state index contributed by atoms with van der Waals surface area (Å²) >= 11 is 0. The number of hydrogen-bond donors (Lipinski definition) is 2. The lowest BCUT2D eigenvalue weighted by atomic mass is 9.48. The third-order valence-corrected chi connectivity index (χ3v) is 9.01. The van der Waals surface area contributed by atoms with Crippen molar-refractivity contribution in [3.05, 3.63) is 23.5 Å². The lowest BCUT2D eigenvalue weighted by Gasteiger charge is -2.57. The van der Waals surface area contributed by atoms with E-state index in [2.05, 4.69) is 26.0 Å². The molecule has 0 spiro atoms. The molecular formula is C24H36O4. The van der Waals surface area contributed by atoms with Crippen molar-refractivity contribution in [1.82, 2.24) is 0 Å². The first kappa shape index (κ1) is 20.0. The average Bonchev–Trinajstić information content (AvgIpc) is 3.01. The van der Waals surface area contributed by atoms with E-state index in [1.54, 1.807) is 0 Å². The standard InChI is InChI=1S/C24H36O4/c1-23-12-10-21-19(20(23)7-4-16(23)5-8-22(26)27)6-3-17-15-18(28-14-13-25)9-11-24(17,21)2/h3,15-16,19-21,25H,4-14H2,1-2H3,(H,26,27)/t16-,19-,20-,21-,23+,24-/m0/s1. The Bertz CT molecular complexity index is 680. The van der Waals surface area contributed by atoms with Gasteiger partial charge >= 0.3 is 5.97 Å². The zero-order valence-electron chi connectivity index (χ0n) is 17.5. The largest absolute Gasteiger partial charge is 0.496 e. The number of rotatable bonds is 6. The normalized spacial score (nSPS) is 42.0. The molecule has 0 aromatic carbocycles. The van der Waals surface area contributed by atoms with Crippen molar-refractivity contribution in [2.45, 2.75) is 71.6 Å². The second-order valence-electron chi connectivity index (χ2n) is 10.1. The molecule has 4 heteroatoms. The van der Waals surface area contributed by atoms with Gasteiger partial charge in [-0.1, -0.05) is 19.9 Å². The molecular weight excluding hydrogens is 352 g/mol. The first-order chi connectivity index (χ1) is 13.4. The lowest BCUT2D eigenvalue weighted by molar-refractivity contribution is -0.137. The van der Waals surface area contributed by atoms with E-state index in [9.17, 15) is 4.79 Å². The van der Waals surface area contributed by atoms with Gasteiger partial charge in [0.2, 0.25) is 0 Å². The van der Waals surface area contributed by atoms with Gasteiger partial charge in [0.05, 0.1) is 12.4 Å². The van der Waals surface area contributed by atoms with Crippen LogP contribution < -0.4 is 0 Å². The van der Waals surface area contributed by atoms with Crippen molar-refractivity contribution in [2.75, 3.05) is 13.2 Å². The fourth-order valence-corrected chi connectivity index (χ4v) is 7.47. The molecule has 6 atom stereocenters. The van der Waals surface area contributed by atoms with Gasteiger partial charge in [-0.15, -0.1) is 0 Å². The van der Waals surface area contributed by atoms with E-state index in [1.165, 1.54) is 31.3 Å². The molecule has 2 N–H and O–H groups in total. The van der Waals surface area contributed by atoms with Crippen molar-refractivity contribution >= 4 is 5.97 Å². The molecule has 28 heavy (non-hydrogen) atoms. The monoisotopic (exact) mass is 388 g/mol. The smallest absolute Gasteiger partial charge is 0.303 e. The summed E-state index contributed by atoms with van der Waals surface area (Å²) in [5, 5.41) is 18.2. The number of aliphatic hydroxyl groups is 1. The molecule has 2 saturated carbocycles. The average molecular weight is 389 g/mol. The maximum Gasteiger partial charge on any atom is 0.303 e. The SMILES string of the molecule is C[C@]12CC[C@H]3[C@@H](CC=C4C=C(OCCO)CC[C@@]43C)[C@@H]1CC[C@H]2CCC(=O)O. The summed E-state index contributed by atoms with van der Waals surface area (Å²) < 4.78 is 5.73. The van der Waals surface area contributed by atoms with Crippen molar-refractivity contribution in [2.24, 2.45) is 34.5 Å². The molecule has 0 radical (unpaired) electrons. The number of aliphatic hydroxyl groups excluding tert-OH is 1. The van der Waals surface area contributed by atoms with Gasteiger partial charge in [0.25, 0.3) is 0 Å². The molecule has 0 aromatic heterocycles. The van der Waals surface area contributed by atoms with E-state index >= 15 is 0 Å². The van der Waals surface area contributed by atoms with E-state index in [0.717, 1.165) is 49.2 Å². The minimum Gasteiger partial charge on any atom is -0.496 e. The summed E-state index contributed by atoms with van der Waals surface area (Å²) in [6.07, 6.45) is 14.2. The molecule has 4 rings (SSSR count).